The topological polar surface area (TPSA) is 80.3 Å². The molecule has 0 spiro atoms. The molecule has 0 N–H and O–H groups in total. The minimum Gasteiger partial charge on any atom is -0.548 e. The number of thiol groups is 4. The van der Waals surface area contributed by atoms with Gasteiger partial charge in [-0.2, -0.15) is 50.5 Å². The van der Waals surface area contributed by atoms with Gasteiger partial charge in [-0.15, -0.1) is 0 Å². The summed E-state index contributed by atoms with van der Waals surface area (Å²) in [5, 5.41) is 19.5. The van der Waals surface area contributed by atoms with Crippen LogP contribution < -0.4 is 10.2 Å². The Morgan fingerprint density at radius 2 is 0.933 bits per heavy atom. The number of carboxylic acid groups (broad SMARTS) is 2. The van der Waals surface area contributed by atoms with Crippen molar-refractivity contribution >= 4 is 62.5 Å². The van der Waals surface area contributed by atoms with Crippen molar-refractivity contribution in [3.8, 4) is 0 Å². The van der Waals surface area contributed by atoms with Crippen LogP contribution in [-0.2, 0) is 36.9 Å². The summed E-state index contributed by atoms with van der Waals surface area (Å²) in [6, 6.07) is 0. The molecule has 0 aromatic heterocycles. The zero-order chi connectivity index (χ0) is 12.2. The molecule has 0 aromatic carbocycles. The normalized spacial score (nSPS) is 10.5. The third-order valence-corrected chi connectivity index (χ3v) is 1.50. The maximum atomic E-state index is 9.76. The second-order valence-corrected chi connectivity index (χ2v) is 6.90. The Morgan fingerprint density at radius 1 is 0.867 bits per heavy atom. The molecule has 0 aromatic rings. The van der Waals surface area contributed by atoms with Crippen LogP contribution in [-0.4, -0.2) is 20.1 Å². The third-order valence-electron chi connectivity index (χ3n) is 0.773. The second kappa shape index (κ2) is 8.37. The van der Waals surface area contributed by atoms with Gasteiger partial charge in [-0.3, -0.25) is 0 Å². The summed E-state index contributed by atoms with van der Waals surface area (Å²) in [7, 11) is 0. The monoisotopic (exact) mass is 388 g/mol. The van der Waals surface area contributed by atoms with Gasteiger partial charge < -0.3 is 19.8 Å². The van der Waals surface area contributed by atoms with Crippen LogP contribution in [0.3, 0.4) is 0 Å². The van der Waals surface area contributed by atoms with Crippen molar-refractivity contribution in [2.75, 3.05) is 0 Å². The number of hydrogen-bond donors (Lipinski definition) is 4. The van der Waals surface area contributed by atoms with E-state index in [9.17, 15) is 19.8 Å². The Bertz CT molecular complexity index is 196. The number of carboxylic acids is 2. The van der Waals surface area contributed by atoms with E-state index >= 15 is 0 Å². The first-order valence-corrected chi connectivity index (χ1v) is 5.00. The number of rotatable bonds is 2. The van der Waals surface area contributed by atoms with E-state index in [1.165, 1.54) is 13.8 Å². The average Bonchev–Trinajstić information content (AvgIpc) is 1.83. The van der Waals surface area contributed by atoms with Crippen molar-refractivity contribution in [3.05, 3.63) is 0 Å². The Morgan fingerprint density at radius 3 is 0.933 bits per heavy atom. The van der Waals surface area contributed by atoms with Crippen LogP contribution in [0, 0.1) is 0 Å². The number of aliphatic carboxylic acids is 2. The quantitative estimate of drug-likeness (QED) is 0.268. The minimum absolute atomic E-state index is 0. The average molecular weight is 387 g/mol. The minimum atomic E-state index is -1.31. The van der Waals surface area contributed by atoms with E-state index in [4.69, 9.17) is 0 Å². The molecule has 0 saturated heterocycles. The maximum Gasteiger partial charge on any atom is 2.00 e. The van der Waals surface area contributed by atoms with Crippen molar-refractivity contribution in [1.29, 1.82) is 0 Å². The van der Waals surface area contributed by atoms with Gasteiger partial charge in [0.25, 0.3) is 0 Å². The van der Waals surface area contributed by atoms with E-state index in [0.717, 1.165) is 0 Å². The smallest absolute Gasteiger partial charge is 0.548 e. The fraction of sp³-hybridized carbons (Fsp3) is 0.667. The summed E-state index contributed by atoms with van der Waals surface area (Å²) in [6.07, 6.45) is 0. The number of hydrogen-bond acceptors (Lipinski definition) is 8. The summed E-state index contributed by atoms with van der Waals surface area (Å²) >= 11 is 14.2. The van der Waals surface area contributed by atoms with Crippen LogP contribution >= 0.6 is 50.5 Å². The van der Waals surface area contributed by atoms with Gasteiger partial charge in [-0.1, -0.05) is 0 Å². The summed E-state index contributed by atoms with van der Waals surface area (Å²) in [5.41, 5.74) is 0. The Balaban J connectivity index is -0.000000180. The van der Waals surface area contributed by atoms with Crippen molar-refractivity contribution in [2.24, 2.45) is 0 Å². The van der Waals surface area contributed by atoms with Gasteiger partial charge in [-0.25, -0.2) is 0 Å². The molecule has 0 fully saturated rings. The van der Waals surface area contributed by atoms with Gasteiger partial charge in [0.1, 0.15) is 0 Å². The third kappa shape index (κ3) is 15.3. The number of carbonyl (C=O) groups is 2. The first kappa shape index (κ1) is 21.5. The van der Waals surface area contributed by atoms with Gasteiger partial charge in [0, 0.05) is 0 Å². The van der Waals surface area contributed by atoms with Crippen molar-refractivity contribution < 1.29 is 47.1 Å². The zero-order valence-electron chi connectivity index (χ0n) is 8.13. The van der Waals surface area contributed by atoms with E-state index in [1.54, 1.807) is 0 Å². The molecule has 0 atom stereocenters. The first-order valence-electron chi connectivity index (χ1n) is 3.21. The Hall–Kier alpha value is 1.26. The van der Waals surface area contributed by atoms with Crippen LogP contribution in [0.1, 0.15) is 13.8 Å². The van der Waals surface area contributed by atoms with Gasteiger partial charge in [0.15, 0.2) is 0 Å². The summed E-state index contributed by atoms with van der Waals surface area (Å²) in [4.78, 5) is 19.5. The predicted octanol–water partition coefficient (Wildman–Crippen LogP) is -1.38. The van der Waals surface area contributed by atoms with Crippen molar-refractivity contribution in [3.63, 3.8) is 0 Å². The predicted molar refractivity (Wildman–Crippen MR) is 62.8 cm³/mol. The zero-order valence-corrected chi connectivity index (χ0v) is 15.7. The molecule has 0 aliphatic heterocycles. The molecule has 0 unspecified atom stereocenters. The summed E-state index contributed by atoms with van der Waals surface area (Å²) in [6.45, 7) is 2.66. The van der Waals surface area contributed by atoms with Gasteiger partial charge in [0.05, 0.1) is 20.1 Å². The molecule has 0 aliphatic carbocycles. The van der Waals surface area contributed by atoms with Crippen molar-refractivity contribution in [1.82, 2.24) is 0 Å². The van der Waals surface area contributed by atoms with Gasteiger partial charge in [-0.05, 0) is 13.8 Å². The van der Waals surface area contributed by atoms with Crippen LogP contribution in [0.15, 0.2) is 0 Å². The summed E-state index contributed by atoms with van der Waals surface area (Å²) < 4.78 is -2.61. The fourth-order valence-corrected chi connectivity index (χ4v) is 0. The first-order chi connectivity index (χ1) is 5.89. The standard InChI is InChI=1S/2C3H6O2S2.Cd/c2*1-3(6,7)2(4)5;/h2*6-7H,1H3,(H,4,5);/q;;+2/p-2. The number of carbonyl (C=O) groups excluding carboxylic acids is 2. The van der Waals surface area contributed by atoms with Crippen LogP contribution in [0.4, 0.5) is 0 Å². The Kier molecular flexibility index (Phi) is 12.0. The Labute approximate surface area is 130 Å². The van der Waals surface area contributed by atoms with E-state index in [1.807, 2.05) is 0 Å². The van der Waals surface area contributed by atoms with Crippen LogP contribution in [0.25, 0.3) is 0 Å². The van der Waals surface area contributed by atoms with Gasteiger partial charge in [0.2, 0.25) is 0 Å². The molecule has 9 heteroatoms. The molecular formula is C6H10CdO4S4. The SMILES string of the molecule is CC(S)(S)C(=O)[O-].CC(S)(S)C(=O)[O-].[Cd+2]. The molecule has 0 amide bonds. The molecular weight excluding hydrogens is 377 g/mol. The second-order valence-electron chi connectivity index (χ2n) is 2.62. The molecule has 84 valence electrons. The van der Waals surface area contributed by atoms with E-state index in [2.05, 4.69) is 50.5 Å². The molecule has 0 rings (SSSR count). The van der Waals surface area contributed by atoms with E-state index in [-0.39, 0.29) is 27.3 Å². The summed E-state index contributed by atoms with van der Waals surface area (Å²) in [5.74, 6) is -2.56. The molecule has 0 heterocycles. The van der Waals surface area contributed by atoms with E-state index < -0.39 is 20.1 Å². The molecule has 4 nitrogen and oxygen atoms in total. The molecule has 0 bridgehead atoms. The fourth-order valence-electron chi connectivity index (χ4n) is 0. The van der Waals surface area contributed by atoms with Crippen LogP contribution in [0.5, 0.6) is 0 Å². The largest absolute Gasteiger partial charge is 2.00 e. The van der Waals surface area contributed by atoms with Crippen LogP contribution in [0.2, 0.25) is 0 Å². The van der Waals surface area contributed by atoms with Crippen molar-refractivity contribution in [2.45, 2.75) is 22.0 Å². The van der Waals surface area contributed by atoms with E-state index in [0.29, 0.717) is 0 Å². The molecule has 0 radical (unpaired) electrons. The molecule has 15 heavy (non-hydrogen) atoms. The maximum absolute atomic E-state index is 9.76. The molecule has 0 saturated carbocycles. The molecule has 0 aliphatic rings. The van der Waals surface area contributed by atoms with Gasteiger partial charge >= 0.3 is 27.3 Å².